The number of nitrogens with zero attached hydrogens (tertiary/aromatic N) is 3. The Bertz CT molecular complexity index is 684. The number of aryl methyl sites for hydroxylation is 1. The van der Waals surface area contributed by atoms with E-state index in [1.807, 2.05) is 17.1 Å². The largest absolute Gasteiger partial charge is 0.445 e. The van der Waals surface area contributed by atoms with Crippen LogP contribution in [0.2, 0.25) is 18.1 Å². The average Bonchev–Trinajstić information content (AvgIpc) is 3.22. The van der Waals surface area contributed by atoms with E-state index >= 15 is 0 Å². The van der Waals surface area contributed by atoms with E-state index in [0.29, 0.717) is 19.4 Å². The summed E-state index contributed by atoms with van der Waals surface area (Å²) in [7, 11) is -1.71. The molecule has 29 heavy (non-hydrogen) atoms. The first-order valence-electron chi connectivity index (χ1n) is 10.4. The molecular formula is C21H37N3O4Si. The molecule has 164 valence electrons. The van der Waals surface area contributed by atoms with Gasteiger partial charge in [0.1, 0.15) is 6.61 Å². The van der Waals surface area contributed by atoms with E-state index in [4.69, 9.17) is 9.16 Å². The van der Waals surface area contributed by atoms with Gasteiger partial charge >= 0.3 is 6.09 Å². The average molecular weight is 424 g/mol. The van der Waals surface area contributed by atoms with Gasteiger partial charge in [0.2, 0.25) is 0 Å². The molecule has 0 aromatic carbocycles. The molecule has 1 N–H and O–H groups in total. The summed E-state index contributed by atoms with van der Waals surface area (Å²) in [5, 5.41) is 14.7. The summed E-state index contributed by atoms with van der Waals surface area (Å²) in [5.74, 6) is 0. The van der Waals surface area contributed by atoms with Crippen molar-refractivity contribution < 1.29 is 19.1 Å². The Balaban J connectivity index is 1.83. The highest BCUT2D eigenvalue weighted by Crippen LogP contribution is 2.36. The summed E-state index contributed by atoms with van der Waals surface area (Å²) >= 11 is 0. The maximum absolute atomic E-state index is 12.2. The predicted molar refractivity (Wildman–Crippen MR) is 116 cm³/mol. The molecule has 1 fully saturated rings. The van der Waals surface area contributed by atoms with Gasteiger partial charge in [0, 0.05) is 25.4 Å². The zero-order valence-electron chi connectivity index (χ0n) is 18.6. The molecule has 0 unspecified atom stereocenters. The summed E-state index contributed by atoms with van der Waals surface area (Å²) < 4.78 is 13.3. The Labute approximate surface area is 175 Å². The van der Waals surface area contributed by atoms with Gasteiger partial charge in [0.15, 0.2) is 8.32 Å². The zero-order chi connectivity index (χ0) is 21.7. The molecule has 2 heterocycles. The molecule has 1 aromatic rings. The summed E-state index contributed by atoms with van der Waals surface area (Å²) in [6.45, 7) is 16.8. The molecule has 1 aliphatic heterocycles. The molecule has 1 aliphatic rings. The third-order valence-electron chi connectivity index (χ3n) is 5.91. The van der Waals surface area contributed by atoms with Gasteiger partial charge in [-0.15, -0.1) is 0 Å². The molecule has 0 saturated carbocycles. The molecule has 8 heteroatoms. The Hall–Kier alpha value is -1.64. The number of hydrogen-bond acceptors (Lipinski definition) is 5. The Morgan fingerprint density at radius 3 is 2.83 bits per heavy atom. The van der Waals surface area contributed by atoms with Crippen molar-refractivity contribution in [3.8, 4) is 0 Å². The summed E-state index contributed by atoms with van der Waals surface area (Å²) in [5.41, 5.74) is 1.05. The van der Waals surface area contributed by atoms with Crippen molar-refractivity contribution in [2.24, 2.45) is 0 Å². The second-order valence-electron chi connectivity index (χ2n) is 9.34. The van der Waals surface area contributed by atoms with Crippen molar-refractivity contribution in [3.05, 3.63) is 30.6 Å². The molecular weight excluding hydrogens is 386 g/mol. The maximum atomic E-state index is 12.2. The quantitative estimate of drug-likeness (QED) is 0.373. The van der Waals surface area contributed by atoms with Crippen molar-refractivity contribution in [1.29, 1.82) is 0 Å². The van der Waals surface area contributed by atoms with E-state index in [1.165, 1.54) is 6.08 Å². The number of amides is 1. The minimum Gasteiger partial charge on any atom is -0.445 e. The van der Waals surface area contributed by atoms with Crippen molar-refractivity contribution >= 4 is 14.4 Å². The molecule has 0 aliphatic carbocycles. The number of carbonyl (C=O) groups is 1. The molecule has 2 rings (SSSR count). The van der Waals surface area contributed by atoms with Gasteiger partial charge in [-0.05, 0) is 43.0 Å². The molecule has 0 spiro atoms. The molecule has 1 amide bonds. The van der Waals surface area contributed by atoms with Gasteiger partial charge < -0.3 is 19.2 Å². The number of aromatic nitrogens is 2. The van der Waals surface area contributed by atoms with Gasteiger partial charge in [0.05, 0.1) is 18.8 Å². The van der Waals surface area contributed by atoms with Crippen LogP contribution in [0.5, 0.6) is 0 Å². The first-order chi connectivity index (χ1) is 13.5. The molecule has 0 radical (unpaired) electrons. The van der Waals surface area contributed by atoms with Crippen molar-refractivity contribution in [2.75, 3.05) is 19.8 Å². The highest BCUT2D eigenvalue weighted by molar-refractivity contribution is 6.74. The van der Waals surface area contributed by atoms with Crippen LogP contribution in [-0.2, 0) is 22.1 Å². The lowest BCUT2D eigenvalue weighted by Gasteiger charge is -2.36. The second-order valence-corrected chi connectivity index (χ2v) is 14.1. The van der Waals surface area contributed by atoms with E-state index < -0.39 is 20.5 Å². The van der Waals surface area contributed by atoms with Crippen LogP contribution in [0.3, 0.4) is 0 Å². The van der Waals surface area contributed by atoms with Crippen LogP contribution in [-0.4, -0.2) is 66.1 Å². The lowest BCUT2D eigenvalue weighted by atomic mass is 10.1. The summed E-state index contributed by atoms with van der Waals surface area (Å²) in [4.78, 5) is 13.8. The first-order valence-corrected chi connectivity index (χ1v) is 13.3. The molecule has 7 nitrogen and oxygen atoms in total. The number of β-amino-alcohol motifs (C(OH)–C–C–N with tert-alkyl or cyclic N) is 1. The number of hydrogen-bond donors (Lipinski definition) is 1. The number of ether oxygens (including phenoxy) is 1. The number of likely N-dealkylation sites (tertiary alicyclic amines) is 1. The number of carbonyl (C=O) groups excluding carboxylic acids is 1. The Morgan fingerprint density at radius 2 is 2.17 bits per heavy atom. The van der Waals surface area contributed by atoms with Crippen LogP contribution in [0.1, 0.15) is 39.2 Å². The van der Waals surface area contributed by atoms with Crippen LogP contribution < -0.4 is 0 Å². The Morgan fingerprint density at radius 1 is 1.45 bits per heavy atom. The standard InChI is InChI=1S/C21H37N3O4Si/c1-7-10-27-20(26)24-16-19(25)13-18(24)12-17-14-22-23(15-17)9-8-11-28-29(5,6)21(2,3)4/h7,14-15,18-19,25H,1,8-13,16H2,2-6H3/t18-,19-/m1/s1. The lowest BCUT2D eigenvalue weighted by Crippen LogP contribution is -2.41. The van der Waals surface area contributed by atoms with Crippen LogP contribution in [0.25, 0.3) is 0 Å². The zero-order valence-corrected chi connectivity index (χ0v) is 19.6. The summed E-state index contributed by atoms with van der Waals surface area (Å²) in [6, 6.07) is -0.0816. The highest BCUT2D eigenvalue weighted by Gasteiger charge is 2.37. The van der Waals surface area contributed by atoms with Crippen LogP contribution in [0.15, 0.2) is 25.0 Å². The molecule has 1 saturated heterocycles. The fourth-order valence-corrected chi connectivity index (χ4v) is 4.29. The first kappa shape index (κ1) is 23.6. The smallest absolute Gasteiger partial charge is 0.410 e. The van der Waals surface area contributed by atoms with E-state index in [1.54, 1.807) is 4.90 Å². The fourth-order valence-electron chi connectivity index (χ4n) is 3.20. The van der Waals surface area contributed by atoms with E-state index in [0.717, 1.165) is 25.1 Å². The van der Waals surface area contributed by atoms with E-state index in [2.05, 4.69) is 45.5 Å². The minimum atomic E-state index is -1.71. The third-order valence-corrected chi connectivity index (χ3v) is 10.4. The van der Waals surface area contributed by atoms with Crippen molar-refractivity contribution in [2.45, 2.75) is 76.9 Å². The van der Waals surface area contributed by atoms with Crippen LogP contribution >= 0.6 is 0 Å². The van der Waals surface area contributed by atoms with E-state index in [-0.39, 0.29) is 17.7 Å². The van der Waals surface area contributed by atoms with Gasteiger partial charge in [-0.25, -0.2) is 4.79 Å². The highest BCUT2D eigenvalue weighted by atomic mass is 28.4. The Kier molecular flexibility index (Phi) is 8.07. The SMILES string of the molecule is C=CCOC(=O)N1C[C@H](O)C[C@H]1Cc1cnn(CCCO[Si](C)(C)C(C)(C)C)c1. The van der Waals surface area contributed by atoms with Crippen molar-refractivity contribution in [1.82, 2.24) is 14.7 Å². The fraction of sp³-hybridized carbons (Fsp3) is 0.714. The normalized spacial score (nSPS) is 20.1. The van der Waals surface area contributed by atoms with Gasteiger partial charge in [-0.1, -0.05) is 33.4 Å². The molecule has 2 atom stereocenters. The minimum absolute atomic E-state index is 0.0816. The molecule has 0 bridgehead atoms. The topological polar surface area (TPSA) is 76.8 Å². The third kappa shape index (κ3) is 6.69. The lowest BCUT2D eigenvalue weighted by molar-refractivity contribution is 0.102. The van der Waals surface area contributed by atoms with Gasteiger partial charge in [-0.3, -0.25) is 4.68 Å². The van der Waals surface area contributed by atoms with Crippen LogP contribution in [0.4, 0.5) is 4.79 Å². The number of aliphatic hydroxyl groups excluding tert-OH is 1. The maximum Gasteiger partial charge on any atom is 0.410 e. The van der Waals surface area contributed by atoms with E-state index in [9.17, 15) is 9.90 Å². The summed E-state index contributed by atoms with van der Waals surface area (Å²) in [6.07, 6.45) is 6.60. The van der Waals surface area contributed by atoms with Gasteiger partial charge in [-0.2, -0.15) is 5.10 Å². The number of rotatable bonds is 9. The van der Waals surface area contributed by atoms with Crippen LogP contribution in [0, 0.1) is 0 Å². The molecule has 1 aromatic heterocycles. The predicted octanol–water partition coefficient (Wildman–Crippen LogP) is 3.60. The van der Waals surface area contributed by atoms with Gasteiger partial charge in [0.25, 0.3) is 0 Å². The number of aliphatic hydroxyl groups is 1. The monoisotopic (exact) mass is 423 g/mol. The van der Waals surface area contributed by atoms with Crippen molar-refractivity contribution in [3.63, 3.8) is 0 Å². The second kappa shape index (κ2) is 9.91.